The first-order valence-electron chi connectivity index (χ1n) is 14.6. The Morgan fingerprint density at radius 3 is 0.604 bits per heavy atom. The minimum absolute atomic E-state index is 0.437. The van der Waals surface area contributed by atoms with Crippen LogP contribution in [0.15, 0.2) is 146 Å². The van der Waals surface area contributed by atoms with Crippen molar-refractivity contribution in [3.63, 3.8) is 0 Å². The molecule has 0 radical (unpaired) electrons. The molecule has 0 aromatic heterocycles. The number of rotatable bonds is 8. The Morgan fingerprint density at radius 1 is 0.312 bits per heavy atom. The molecule has 0 saturated carbocycles. The molecule has 11 heteroatoms. The monoisotopic (exact) mass is 1050 g/mol. The van der Waals surface area contributed by atoms with Gasteiger partial charge in [-0.25, -0.2) is 0 Å². The third-order valence-corrected chi connectivity index (χ3v) is 38.4. The number of hydrogen-bond acceptors (Lipinski definition) is 3. The summed E-state index contributed by atoms with van der Waals surface area (Å²) in [5, 5.41) is 0. The molecule has 6 rings (SSSR count). The van der Waals surface area contributed by atoms with E-state index in [1.807, 2.05) is 0 Å². The molecule has 0 saturated heterocycles. The van der Waals surface area contributed by atoms with Crippen LogP contribution in [0.3, 0.4) is 0 Å². The number of carbonyl (C=O) groups is 1. The van der Waals surface area contributed by atoms with Crippen LogP contribution < -0.4 is 19.6 Å². The summed E-state index contributed by atoms with van der Waals surface area (Å²) in [7, 11) is 0. The summed E-state index contributed by atoms with van der Waals surface area (Å²) in [6.45, 7) is 0. The molecule has 0 aliphatic heterocycles. The van der Waals surface area contributed by atoms with E-state index in [-0.39, 0.29) is 0 Å². The number of benzene rings is 6. The van der Waals surface area contributed by atoms with E-state index < -0.39 is 82.5 Å². The normalized spacial score (nSPS) is 12.3. The summed E-state index contributed by atoms with van der Waals surface area (Å²) in [4.78, 5) is 14.5. The maximum absolute atomic E-state index is 14.5. The van der Waals surface area contributed by atoms with Crippen molar-refractivity contribution in [2.24, 2.45) is 0 Å². The average Bonchev–Trinajstić information content (AvgIpc) is 3.09. The Hall–Kier alpha value is -4.06. The van der Waals surface area contributed by atoms with Crippen molar-refractivity contribution in [1.29, 1.82) is 0 Å². The first-order chi connectivity index (χ1) is 23.1. The van der Waals surface area contributed by atoms with Gasteiger partial charge in [0.05, 0.1) is 0 Å². The third-order valence-electron chi connectivity index (χ3n) is 7.98. The van der Waals surface area contributed by atoms with Crippen LogP contribution in [-0.4, -0.2) is 47.6 Å². The van der Waals surface area contributed by atoms with Crippen molar-refractivity contribution >= 4 is 67.2 Å². The van der Waals surface area contributed by atoms with E-state index in [1.165, 1.54) is 146 Å². The summed E-state index contributed by atoms with van der Waals surface area (Å²) < 4.78 is 101. The predicted molar refractivity (Wildman–Crippen MR) is 178 cm³/mol. The zero-order chi connectivity index (χ0) is 33.9. The summed E-state index contributed by atoms with van der Waals surface area (Å²) in [6, 6.07) is 32.0. The fourth-order valence-electron chi connectivity index (χ4n) is 5.73. The Morgan fingerprint density at radius 2 is 0.458 bits per heavy atom. The van der Waals surface area contributed by atoms with Crippen molar-refractivity contribution in [2.75, 3.05) is 0 Å². The van der Waals surface area contributed by atoms with Gasteiger partial charge in [0.1, 0.15) is 0 Å². The molecule has 0 fully saturated rings. The summed E-state index contributed by atoms with van der Waals surface area (Å²) in [5.41, 5.74) is 0. The van der Waals surface area contributed by atoms with Crippen LogP contribution in [-0.2, 0) is 5.63 Å². The first-order valence-corrected chi connectivity index (χ1v) is 29.4. The SMILES string of the molecule is O=C([O][BiH]([c]1ccc(F)cc1)([c]1ccc(F)cc1)[c]1ccc(F)cc1)[O][BiH]([c]1ccc(F)cc1)([c]1ccc(F)cc1)[c]1ccc(F)cc1. The summed E-state index contributed by atoms with van der Waals surface area (Å²) in [6.07, 6.45) is -1.16. The van der Waals surface area contributed by atoms with Gasteiger partial charge in [0.15, 0.2) is 0 Å². The van der Waals surface area contributed by atoms with Gasteiger partial charge in [0, 0.05) is 0 Å². The number of hydrogen-bond donors (Lipinski definition) is 0. The Kier molecular flexibility index (Phi) is 10.0. The van der Waals surface area contributed by atoms with Crippen molar-refractivity contribution in [1.82, 2.24) is 0 Å². The van der Waals surface area contributed by atoms with Crippen LogP contribution in [0.1, 0.15) is 0 Å². The predicted octanol–water partition coefficient (Wildman–Crippen LogP) is 4.77. The fraction of sp³-hybridized carbons (Fsp3) is 0. The fourth-order valence-corrected chi connectivity index (χ4v) is 34.6. The van der Waals surface area contributed by atoms with E-state index in [0.29, 0.717) is 19.6 Å². The van der Waals surface area contributed by atoms with Crippen LogP contribution >= 0.6 is 0 Å². The van der Waals surface area contributed by atoms with Crippen LogP contribution in [0.5, 0.6) is 0 Å². The quantitative estimate of drug-likeness (QED) is 0.163. The second-order valence-corrected chi connectivity index (χ2v) is 36.5. The maximum atomic E-state index is 14.5. The van der Waals surface area contributed by atoms with Gasteiger partial charge in [0.25, 0.3) is 0 Å². The number of carbonyl (C=O) groups excluding carboxylic acids is 1. The van der Waals surface area contributed by atoms with Crippen LogP contribution in [0.2, 0.25) is 0 Å². The third kappa shape index (κ3) is 6.76. The molecule has 0 bridgehead atoms. The van der Waals surface area contributed by atoms with Crippen molar-refractivity contribution in [3.8, 4) is 0 Å². The molecule has 244 valence electrons. The summed E-state index contributed by atoms with van der Waals surface area (Å²) in [5.74, 6) is -3.32. The molecule has 0 unspecified atom stereocenters. The molecule has 0 aliphatic carbocycles. The molecule has 48 heavy (non-hydrogen) atoms. The summed E-state index contributed by atoms with van der Waals surface area (Å²) >= 11 is -10.8. The number of halogens is 6. The van der Waals surface area contributed by atoms with Crippen molar-refractivity contribution in [2.45, 2.75) is 0 Å². The van der Waals surface area contributed by atoms with Gasteiger partial charge >= 0.3 is 284 Å². The molecule has 0 N–H and O–H groups in total. The zero-order valence-corrected chi connectivity index (χ0v) is 32.6. The molecule has 0 heterocycles. The van der Waals surface area contributed by atoms with Crippen LogP contribution in [0.4, 0.5) is 31.1 Å². The van der Waals surface area contributed by atoms with Crippen LogP contribution in [0.25, 0.3) is 0 Å². The Balaban J connectivity index is 1.59. The van der Waals surface area contributed by atoms with E-state index in [0.717, 1.165) is 0 Å². The van der Waals surface area contributed by atoms with Gasteiger partial charge in [-0.15, -0.1) is 0 Å². The van der Waals surface area contributed by atoms with Gasteiger partial charge in [0.2, 0.25) is 0 Å². The van der Waals surface area contributed by atoms with Gasteiger partial charge in [-0.2, -0.15) is 0 Å². The second-order valence-electron chi connectivity index (χ2n) is 10.9. The van der Waals surface area contributed by atoms with Crippen molar-refractivity contribution < 1.29 is 36.8 Å². The minimum atomic E-state index is -5.40. The molecule has 3 nitrogen and oxygen atoms in total. The van der Waals surface area contributed by atoms with E-state index in [9.17, 15) is 31.1 Å². The van der Waals surface area contributed by atoms with E-state index in [4.69, 9.17) is 5.63 Å². The van der Waals surface area contributed by atoms with E-state index in [2.05, 4.69) is 0 Å². The van der Waals surface area contributed by atoms with Gasteiger partial charge in [-0.1, -0.05) is 0 Å². The van der Waals surface area contributed by atoms with E-state index >= 15 is 0 Å². The average molecular weight is 1050 g/mol. The van der Waals surface area contributed by atoms with Gasteiger partial charge in [-0.3, -0.25) is 0 Å². The van der Waals surface area contributed by atoms with Crippen molar-refractivity contribution in [3.05, 3.63) is 180 Å². The topological polar surface area (TPSA) is 35.5 Å². The first kappa shape index (κ1) is 33.8. The molecule has 0 atom stereocenters. The van der Waals surface area contributed by atoms with Gasteiger partial charge < -0.3 is 0 Å². The molecule has 0 spiro atoms. The zero-order valence-electron chi connectivity index (χ0n) is 24.8. The van der Waals surface area contributed by atoms with Gasteiger partial charge in [-0.05, 0) is 0 Å². The molecular formula is C37H26Bi2F6O3. The molecule has 6 aromatic rings. The Bertz CT molecular complexity index is 1650. The molecular weight excluding hydrogens is 1020 g/mol. The molecule has 0 amide bonds. The van der Waals surface area contributed by atoms with Crippen LogP contribution in [0, 0.1) is 34.9 Å². The molecule has 6 aromatic carbocycles. The second kappa shape index (κ2) is 14.2. The molecule has 0 aliphatic rings. The standard InChI is InChI=1S/6C6H4F.CH2O3.2Bi.2H/c6*7-6-4-2-1-3-5-6;2-1(3)4;;;;/h6*2-5H;(H2,2,3,4);;;;/q;;;;;;;2*+1;;/p-2. The van der Waals surface area contributed by atoms with E-state index in [1.54, 1.807) is 0 Å². The Labute approximate surface area is 282 Å².